The molecule has 5 nitrogen and oxygen atoms in total. The minimum atomic E-state index is 0.163. The van der Waals surface area contributed by atoms with Gasteiger partial charge in [0.2, 0.25) is 5.91 Å². The molecule has 3 heterocycles. The number of fused-ring (bicyclic) bond motifs is 1. The lowest BCUT2D eigenvalue weighted by Gasteiger charge is -2.39. The van der Waals surface area contributed by atoms with Gasteiger partial charge in [0, 0.05) is 39.5 Å². The molecule has 2 aromatic rings. The molecule has 0 unspecified atom stereocenters. The molecule has 124 valence electrons. The van der Waals surface area contributed by atoms with Gasteiger partial charge in [0.05, 0.1) is 0 Å². The van der Waals surface area contributed by atoms with E-state index in [4.69, 9.17) is 0 Å². The summed E-state index contributed by atoms with van der Waals surface area (Å²) in [5.74, 6) is 0.206. The van der Waals surface area contributed by atoms with Gasteiger partial charge >= 0.3 is 0 Å². The Morgan fingerprint density at radius 1 is 1.30 bits per heavy atom. The number of likely N-dealkylation sites (tertiary alicyclic amines) is 1. The molecule has 0 bridgehead atoms. The SMILES string of the molecule is CN(C)C(=O)CCN1CCC(C)(c2csc3nccnc23)CC1. The third-order valence-electron chi connectivity index (χ3n) is 4.96. The van der Waals surface area contributed by atoms with Crippen LogP contribution in [0.5, 0.6) is 0 Å². The second-order valence-corrected chi connectivity index (χ2v) is 7.66. The Bertz CT molecular complexity index is 689. The van der Waals surface area contributed by atoms with E-state index in [1.807, 2.05) is 14.1 Å². The monoisotopic (exact) mass is 332 g/mol. The number of thiophene rings is 1. The van der Waals surface area contributed by atoms with Crippen molar-refractivity contribution in [1.82, 2.24) is 19.8 Å². The topological polar surface area (TPSA) is 49.3 Å². The maximum atomic E-state index is 11.7. The zero-order valence-corrected chi connectivity index (χ0v) is 14.9. The van der Waals surface area contributed by atoms with E-state index in [0.717, 1.165) is 42.8 Å². The summed E-state index contributed by atoms with van der Waals surface area (Å²) in [5, 5.41) is 2.23. The van der Waals surface area contributed by atoms with Crippen molar-refractivity contribution in [3.05, 3.63) is 23.3 Å². The molecule has 1 saturated heterocycles. The van der Waals surface area contributed by atoms with Crippen LogP contribution in [0.2, 0.25) is 0 Å². The summed E-state index contributed by atoms with van der Waals surface area (Å²) in [7, 11) is 3.64. The maximum Gasteiger partial charge on any atom is 0.223 e. The molecular weight excluding hydrogens is 308 g/mol. The Morgan fingerprint density at radius 2 is 2.00 bits per heavy atom. The van der Waals surface area contributed by atoms with E-state index in [2.05, 4.69) is 27.2 Å². The van der Waals surface area contributed by atoms with E-state index in [0.29, 0.717) is 6.42 Å². The predicted octanol–water partition coefficient (Wildman–Crippen LogP) is 2.52. The van der Waals surface area contributed by atoms with Crippen LogP contribution in [0.15, 0.2) is 17.8 Å². The van der Waals surface area contributed by atoms with E-state index in [-0.39, 0.29) is 11.3 Å². The van der Waals surface area contributed by atoms with Gasteiger partial charge in [0.1, 0.15) is 10.3 Å². The zero-order chi connectivity index (χ0) is 16.4. The van der Waals surface area contributed by atoms with E-state index in [1.165, 1.54) is 5.56 Å². The van der Waals surface area contributed by atoms with Gasteiger partial charge in [0.25, 0.3) is 0 Å². The van der Waals surface area contributed by atoms with Crippen LogP contribution in [0.4, 0.5) is 0 Å². The summed E-state index contributed by atoms with van der Waals surface area (Å²) < 4.78 is 0. The number of carbonyl (C=O) groups excluding carboxylic acids is 1. The summed E-state index contributed by atoms with van der Waals surface area (Å²) >= 11 is 1.69. The van der Waals surface area contributed by atoms with Gasteiger partial charge in [-0.05, 0) is 42.3 Å². The number of aromatic nitrogens is 2. The largest absolute Gasteiger partial charge is 0.349 e. The highest BCUT2D eigenvalue weighted by Crippen LogP contribution is 2.40. The van der Waals surface area contributed by atoms with E-state index in [1.54, 1.807) is 28.6 Å². The molecule has 0 spiro atoms. The molecule has 0 aromatic carbocycles. The van der Waals surface area contributed by atoms with Crippen molar-refractivity contribution in [2.24, 2.45) is 0 Å². The fourth-order valence-corrected chi connectivity index (χ4v) is 4.23. The molecule has 0 radical (unpaired) electrons. The third kappa shape index (κ3) is 3.38. The molecule has 1 aliphatic heterocycles. The van der Waals surface area contributed by atoms with E-state index >= 15 is 0 Å². The van der Waals surface area contributed by atoms with E-state index in [9.17, 15) is 4.79 Å². The van der Waals surface area contributed by atoms with Crippen LogP contribution in [-0.4, -0.2) is 59.4 Å². The van der Waals surface area contributed by atoms with Crippen LogP contribution in [0.3, 0.4) is 0 Å². The van der Waals surface area contributed by atoms with Gasteiger partial charge in [-0.3, -0.25) is 9.78 Å². The lowest BCUT2D eigenvalue weighted by Crippen LogP contribution is -2.42. The smallest absolute Gasteiger partial charge is 0.223 e. The summed E-state index contributed by atoms with van der Waals surface area (Å²) in [6.45, 7) is 5.27. The summed E-state index contributed by atoms with van der Waals surface area (Å²) in [6, 6.07) is 0. The Hall–Kier alpha value is -1.53. The third-order valence-corrected chi connectivity index (χ3v) is 5.83. The number of hydrogen-bond donors (Lipinski definition) is 0. The van der Waals surface area contributed by atoms with Crippen LogP contribution in [0.1, 0.15) is 31.7 Å². The molecule has 3 rings (SSSR count). The molecule has 0 aliphatic carbocycles. The van der Waals surface area contributed by atoms with Crippen molar-refractivity contribution in [3.63, 3.8) is 0 Å². The first-order valence-corrected chi connectivity index (χ1v) is 8.99. The van der Waals surface area contributed by atoms with Crippen molar-refractivity contribution in [3.8, 4) is 0 Å². The second-order valence-electron chi connectivity index (χ2n) is 6.80. The molecule has 0 N–H and O–H groups in total. The highest BCUT2D eigenvalue weighted by molar-refractivity contribution is 7.16. The zero-order valence-electron chi connectivity index (χ0n) is 14.1. The molecule has 1 fully saturated rings. The van der Waals surface area contributed by atoms with Gasteiger partial charge in [-0.15, -0.1) is 11.3 Å². The highest BCUT2D eigenvalue weighted by Gasteiger charge is 2.34. The minimum absolute atomic E-state index is 0.163. The number of amides is 1. The fraction of sp³-hybridized carbons (Fsp3) is 0.588. The predicted molar refractivity (Wildman–Crippen MR) is 93.8 cm³/mol. The van der Waals surface area contributed by atoms with Gasteiger partial charge in [-0.1, -0.05) is 6.92 Å². The molecule has 0 saturated carbocycles. The first-order valence-electron chi connectivity index (χ1n) is 8.11. The van der Waals surface area contributed by atoms with Gasteiger partial charge in [0.15, 0.2) is 0 Å². The number of nitrogens with zero attached hydrogens (tertiary/aromatic N) is 4. The minimum Gasteiger partial charge on any atom is -0.349 e. The average molecular weight is 332 g/mol. The molecule has 1 amide bonds. The Labute approximate surface area is 141 Å². The number of hydrogen-bond acceptors (Lipinski definition) is 5. The maximum absolute atomic E-state index is 11.7. The number of rotatable bonds is 4. The fourth-order valence-electron chi connectivity index (χ4n) is 3.21. The molecule has 23 heavy (non-hydrogen) atoms. The van der Waals surface area contributed by atoms with Crippen LogP contribution in [0, 0.1) is 0 Å². The van der Waals surface area contributed by atoms with Crippen LogP contribution in [0.25, 0.3) is 10.3 Å². The average Bonchev–Trinajstić information content (AvgIpc) is 2.99. The number of piperidine rings is 1. The van der Waals surface area contributed by atoms with E-state index < -0.39 is 0 Å². The standard InChI is InChI=1S/C17H24N4OS/c1-17(13-12-23-16-15(13)18-7-8-19-16)5-10-21(11-6-17)9-4-14(22)20(2)3/h7-8,12H,4-6,9-11H2,1-3H3. The second kappa shape index (κ2) is 6.53. The van der Waals surface area contributed by atoms with Gasteiger partial charge in [-0.2, -0.15) is 0 Å². The first kappa shape index (κ1) is 16.3. The first-order chi connectivity index (χ1) is 11.0. The Balaban J connectivity index is 1.64. The molecule has 2 aromatic heterocycles. The van der Waals surface area contributed by atoms with Crippen molar-refractivity contribution in [2.45, 2.75) is 31.6 Å². The lowest BCUT2D eigenvalue weighted by molar-refractivity contribution is -0.129. The molecule has 0 atom stereocenters. The normalized spacial score (nSPS) is 18.2. The van der Waals surface area contributed by atoms with Crippen molar-refractivity contribution in [1.29, 1.82) is 0 Å². The quantitative estimate of drug-likeness (QED) is 0.863. The van der Waals surface area contributed by atoms with Crippen molar-refractivity contribution < 1.29 is 4.79 Å². The van der Waals surface area contributed by atoms with Crippen LogP contribution in [-0.2, 0) is 10.2 Å². The van der Waals surface area contributed by atoms with Crippen molar-refractivity contribution >= 4 is 27.6 Å². The Kier molecular flexibility index (Phi) is 4.64. The van der Waals surface area contributed by atoms with Crippen LogP contribution >= 0.6 is 11.3 Å². The van der Waals surface area contributed by atoms with Crippen molar-refractivity contribution in [2.75, 3.05) is 33.7 Å². The van der Waals surface area contributed by atoms with Crippen LogP contribution < -0.4 is 0 Å². The van der Waals surface area contributed by atoms with Gasteiger partial charge < -0.3 is 9.80 Å². The lowest BCUT2D eigenvalue weighted by atomic mass is 9.75. The molecule has 6 heteroatoms. The summed E-state index contributed by atoms with van der Waals surface area (Å²) in [5.41, 5.74) is 2.57. The van der Waals surface area contributed by atoms with Gasteiger partial charge in [-0.25, -0.2) is 4.98 Å². The summed E-state index contributed by atoms with van der Waals surface area (Å²) in [4.78, 5) is 25.8. The number of carbonyl (C=O) groups is 1. The Morgan fingerprint density at radius 3 is 2.70 bits per heavy atom. The molecule has 1 aliphatic rings. The highest BCUT2D eigenvalue weighted by atomic mass is 32.1. The summed E-state index contributed by atoms with van der Waals surface area (Å²) in [6.07, 6.45) is 6.35. The molecular formula is C17H24N4OS.